The number of ether oxygens (including phenoxy) is 2. The molecular formula is C17H27NO3. The van der Waals surface area contributed by atoms with E-state index >= 15 is 0 Å². The topological polar surface area (TPSA) is 38.8 Å². The molecule has 1 unspecified atom stereocenters. The van der Waals surface area contributed by atoms with Gasteiger partial charge in [0.2, 0.25) is 0 Å². The number of rotatable bonds is 9. The van der Waals surface area contributed by atoms with E-state index in [1.54, 1.807) is 7.11 Å². The van der Waals surface area contributed by atoms with Gasteiger partial charge in [0.1, 0.15) is 0 Å². The highest BCUT2D eigenvalue weighted by atomic mass is 16.5. The lowest BCUT2D eigenvalue weighted by Crippen LogP contribution is -2.51. The normalized spacial score (nSPS) is 14.0. The summed E-state index contributed by atoms with van der Waals surface area (Å²) in [6.45, 7) is 8.56. The summed E-state index contributed by atoms with van der Waals surface area (Å²) >= 11 is 0. The SMILES string of the molecule is CCOC(=O)CC(COC)(c1ccccc1)N(CC)CC. The van der Waals surface area contributed by atoms with Crippen LogP contribution in [0.25, 0.3) is 0 Å². The number of likely N-dealkylation sites (N-methyl/N-ethyl adjacent to an activating group) is 1. The smallest absolute Gasteiger partial charge is 0.308 e. The molecule has 1 aromatic carbocycles. The highest BCUT2D eigenvalue weighted by Crippen LogP contribution is 2.33. The molecule has 0 aliphatic rings. The van der Waals surface area contributed by atoms with Gasteiger partial charge in [0.15, 0.2) is 0 Å². The van der Waals surface area contributed by atoms with E-state index in [1.807, 2.05) is 25.1 Å². The zero-order valence-electron chi connectivity index (χ0n) is 13.6. The summed E-state index contributed by atoms with van der Waals surface area (Å²) in [4.78, 5) is 14.4. The maximum Gasteiger partial charge on any atom is 0.308 e. The van der Waals surface area contributed by atoms with Gasteiger partial charge < -0.3 is 9.47 Å². The Kier molecular flexibility index (Phi) is 7.40. The Bertz CT molecular complexity index is 417. The molecule has 1 rings (SSSR count). The van der Waals surface area contributed by atoms with Crippen molar-refractivity contribution in [2.45, 2.75) is 32.7 Å². The van der Waals surface area contributed by atoms with Gasteiger partial charge in [0.25, 0.3) is 0 Å². The molecule has 0 aromatic heterocycles. The number of carbonyl (C=O) groups excluding carboxylic acids is 1. The molecule has 1 aromatic rings. The molecular weight excluding hydrogens is 266 g/mol. The van der Waals surface area contributed by atoms with Crippen LogP contribution in [0.5, 0.6) is 0 Å². The van der Waals surface area contributed by atoms with Crippen LogP contribution >= 0.6 is 0 Å². The molecule has 0 aliphatic carbocycles. The maximum atomic E-state index is 12.1. The summed E-state index contributed by atoms with van der Waals surface area (Å²) < 4.78 is 10.7. The monoisotopic (exact) mass is 293 g/mol. The third-order valence-electron chi connectivity index (χ3n) is 3.81. The predicted octanol–water partition coefficient (Wildman–Crippen LogP) is 2.82. The summed E-state index contributed by atoms with van der Waals surface area (Å²) in [5.74, 6) is -0.190. The maximum absolute atomic E-state index is 12.1. The molecule has 0 amide bonds. The van der Waals surface area contributed by atoms with Crippen molar-refractivity contribution in [2.24, 2.45) is 0 Å². The van der Waals surface area contributed by atoms with E-state index in [0.29, 0.717) is 19.6 Å². The van der Waals surface area contributed by atoms with E-state index in [2.05, 4.69) is 30.9 Å². The molecule has 0 saturated carbocycles. The average Bonchev–Trinajstić information content (AvgIpc) is 2.49. The molecule has 0 bridgehead atoms. The van der Waals surface area contributed by atoms with Crippen molar-refractivity contribution in [3.63, 3.8) is 0 Å². The van der Waals surface area contributed by atoms with E-state index < -0.39 is 5.54 Å². The van der Waals surface area contributed by atoms with Gasteiger partial charge in [-0.05, 0) is 25.6 Å². The van der Waals surface area contributed by atoms with Gasteiger partial charge in [0, 0.05) is 7.11 Å². The zero-order valence-corrected chi connectivity index (χ0v) is 13.6. The van der Waals surface area contributed by atoms with Crippen molar-refractivity contribution in [1.82, 2.24) is 4.90 Å². The summed E-state index contributed by atoms with van der Waals surface area (Å²) in [6, 6.07) is 10.1. The van der Waals surface area contributed by atoms with E-state index in [1.165, 1.54) is 0 Å². The van der Waals surface area contributed by atoms with E-state index in [9.17, 15) is 4.79 Å². The average molecular weight is 293 g/mol. The third-order valence-corrected chi connectivity index (χ3v) is 3.81. The largest absolute Gasteiger partial charge is 0.466 e. The molecule has 21 heavy (non-hydrogen) atoms. The minimum Gasteiger partial charge on any atom is -0.466 e. The van der Waals surface area contributed by atoms with Crippen molar-refractivity contribution in [3.05, 3.63) is 35.9 Å². The Morgan fingerprint density at radius 1 is 1.14 bits per heavy atom. The molecule has 0 aliphatic heterocycles. The van der Waals surface area contributed by atoms with E-state index in [0.717, 1.165) is 18.7 Å². The van der Waals surface area contributed by atoms with Gasteiger partial charge in [-0.1, -0.05) is 44.2 Å². The van der Waals surface area contributed by atoms with Crippen LogP contribution in [0, 0.1) is 0 Å². The number of hydrogen-bond donors (Lipinski definition) is 0. The van der Waals surface area contributed by atoms with Crippen LogP contribution in [0.3, 0.4) is 0 Å². The van der Waals surface area contributed by atoms with E-state index in [-0.39, 0.29) is 5.97 Å². The summed E-state index contributed by atoms with van der Waals surface area (Å²) in [7, 11) is 1.67. The van der Waals surface area contributed by atoms with Gasteiger partial charge in [-0.3, -0.25) is 9.69 Å². The van der Waals surface area contributed by atoms with Crippen molar-refractivity contribution in [1.29, 1.82) is 0 Å². The Labute approximate surface area is 128 Å². The fourth-order valence-electron chi connectivity index (χ4n) is 2.89. The summed E-state index contributed by atoms with van der Waals surface area (Å²) in [6.07, 6.45) is 0.292. The lowest BCUT2D eigenvalue weighted by Gasteiger charge is -2.42. The Balaban J connectivity index is 3.24. The second-order valence-corrected chi connectivity index (χ2v) is 4.98. The van der Waals surface area contributed by atoms with Crippen molar-refractivity contribution < 1.29 is 14.3 Å². The molecule has 4 nitrogen and oxygen atoms in total. The Morgan fingerprint density at radius 3 is 2.24 bits per heavy atom. The number of hydrogen-bond acceptors (Lipinski definition) is 4. The van der Waals surface area contributed by atoms with E-state index in [4.69, 9.17) is 9.47 Å². The zero-order chi connectivity index (χ0) is 15.7. The van der Waals surface area contributed by atoms with Crippen LogP contribution in [0.4, 0.5) is 0 Å². The van der Waals surface area contributed by atoms with Crippen LogP contribution in [0.2, 0.25) is 0 Å². The van der Waals surface area contributed by atoms with Gasteiger partial charge in [-0.2, -0.15) is 0 Å². The first-order chi connectivity index (χ1) is 10.1. The summed E-state index contributed by atoms with van der Waals surface area (Å²) in [5, 5.41) is 0. The van der Waals surface area contributed by atoms with Gasteiger partial charge >= 0.3 is 5.97 Å². The van der Waals surface area contributed by atoms with Gasteiger partial charge in [-0.15, -0.1) is 0 Å². The van der Waals surface area contributed by atoms with Crippen LogP contribution < -0.4 is 0 Å². The highest BCUT2D eigenvalue weighted by molar-refractivity contribution is 5.71. The first kappa shape index (κ1) is 17.7. The van der Waals surface area contributed by atoms with Crippen LogP contribution in [-0.4, -0.2) is 44.3 Å². The molecule has 0 saturated heterocycles. The number of methoxy groups -OCH3 is 1. The quantitative estimate of drug-likeness (QED) is 0.656. The molecule has 0 N–H and O–H groups in total. The third kappa shape index (κ3) is 4.29. The van der Waals surface area contributed by atoms with Crippen LogP contribution in [0.1, 0.15) is 32.8 Å². The minimum absolute atomic E-state index is 0.190. The molecule has 4 heteroatoms. The molecule has 118 valence electrons. The first-order valence-corrected chi connectivity index (χ1v) is 7.59. The van der Waals surface area contributed by atoms with Crippen molar-refractivity contribution in [2.75, 3.05) is 33.4 Å². The minimum atomic E-state index is -0.480. The first-order valence-electron chi connectivity index (χ1n) is 7.59. The molecule has 0 fully saturated rings. The summed E-state index contributed by atoms with van der Waals surface area (Å²) in [5.41, 5.74) is 0.606. The van der Waals surface area contributed by atoms with Crippen molar-refractivity contribution in [3.8, 4) is 0 Å². The van der Waals surface area contributed by atoms with Crippen LogP contribution in [-0.2, 0) is 19.8 Å². The molecule has 0 radical (unpaired) electrons. The van der Waals surface area contributed by atoms with Crippen molar-refractivity contribution >= 4 is 5.97 Å². The predicted molar refractivity (Wildman–Crippen MR) is 84.2 cm³/mol. The highest BCUT2D eigenvalue weighted by Gasteiger charge is 2.40. The Hall–Kier alpha value is -1.39. The molecule has 0 heterocycles. The lowest BCUT2D eigenvalue weighted by atomic mass is 9.85. The Morgan fingerprint density at radius 2 is 1.76 bits per heavy atom. The fraction of sp³-hybridized carbons (Fsp3) is 0.588. The van der Waals surface area contributed by atoms with Gasteiger partial charge in [0.05, 0.1) is 25.2 Å². The van der Waals surface area contributed by atoms with Crippen LogP contribution in [0.15, 0.2) is 30.3 Å². The number of benzene rings is 1. The lowest BCUT2D eigenvalue weighted by molar-refractivity contribution is -0.148. The standard InChI is InChI=1S/C17H27NO3/c1-5-18(6-2)17(14-20-4,13-16(19)21-7-3)15-11-9-8-10-12-15/h8-12H,5-7,13-14H2,1-4H3. The second kappa shape index (κ2) is 8.80. The number of nitrogens with zero attached hydrogens (tertiary/aromatic N) is 1. The van der Waals surface area contributed by atoms with Gasteiger partial charge in [-0.25, -0.2) is 0 Å². The molecule has 0 spiro atoms. The number of carbonyl (C=O) groups is 1. The number of esters is 1. The fourth-order valence-corrected chi connectivity index (χ4v) is 2.89. The molecule has 1 atom stereocenters. The second-order valence-electron chi connectivity index (χ2n) is 4.98.